The zero-order chi connectivity index (χ0) is 68.4. The Morgan fingerprint density at radius 3 is 2.23 bits per heavy atom. The van der Waals surface area contributed by atoms with Gasteiger partial charge in [0, 0.05) is 84.5 Å². The number of amides is 2. The number of Topliss-reactive ketones (excluding diaryl/α,β-unsaturated/α-hetero) is 1. The third-order valence-corrected chi connectivity index (χ3v) is 19.3. The van der Waals surface area contributed by atoms with Gasteiger partial charge < -0.3 is 36.4 Å². The van der Waals surface area contributed by atoms with Gasteiger partial charge >= 0.3 is 5.97 Å². The van der Waals surface area contributed by atoms with Crippen LogP contribution in [0.3, 0.4) is 0 Å². The summed E-state index contributed by atoms with van der Waals surface area (Å²) in [5.74, 6) is -1.03. The maximum Gasteiger partial charge on any atom is 0.326 e. The number of nitrogens with one attached hydrogen (secondary N) is 4. The molecule has 0 fully saturated rings. The molecule has 9 rings (SSSR count). The lowest BCUT2D eigenvalue weighted by atomic mass is 9.81. The monoisotopic (exact) mass is 1340 g/mol. The summed E-state index contributed by atoms with van der Waals surface area (Å²) in [7, 11) is -8.98. The van der Waals surface area contributed by atoms with E-state index >= 15 is 0 Å². The lowest BCUT2D eigenvalue weighted by Gasteiger charge is -2.27. The minimum absolute atomic E-state index is 0.0335. The molecule has 1 aliphatic carbocycles. The number of aryl methyl sites for hydroxylation is 1. The fourth-order valence-corrected chi connectivity index (χ4v) is 13.3. The molecule has 0 saturated carbocycles. The number of ketones is 1. The van der Waals surface area contributed by atoms with Crippen molar-refractivity contribution in [3.8, 4) is 5.75 Å². The zero-order valence-corrected chi connectivity index (χ0v) is 56.0. The average molecular weight is 1340 g/mol. The Morgan fingerprint density at radius 1 is 0.811 bits per heavy atom. The second-order valence-corrected chi connectivity index (χ2v) is 28.1. The van der Waals surface area contributed by atoms with Gasteiger partial charge in [0.1, 0.15) is 29.9 Å². The van der Waals surface area contributed by atoms with Crippen LogP contribution >= 0.6 is 0 Å². The molecule has 2 aromatic heterocycles. The predicted octanol–water partition coefficient (Wildman–Crippen LogP) is 10.6. The molecule has 1 atom stereocenters. The molecule has 2 aliphatic heterocycles. The van der Waals surface area contributed by atoms with Gasteiger partial charge in [-0.05, 0) is 168 Å². The van der Waals surface area contributed by atoms with E-state index in [1.807, 2.05) is 45.0 Å². The number of carbonyl (C=O) groups excluding carboxylic acids is 3. The molecule has 3 aliphatic rings. The van der Waals surface area contributed by atoms with Crippen molar-refractivity contribution in [1.29, 1.82) is 0 Å². The number of nitrogens with two attached hydrogens (primary N) is 1. The Balaban J connectivity index is 0.807. The Bertz CT molecular complexity index is 4380. The Morgan fingerprint density at radius 2 is 1.53 bits per heavy atom. The number of aromatic nitrogens is 4. The van der Waals surface area contributed by atoms with Crippen molar-refractivity contribution in [1.82, 2.24) is 30.6 Å². The number of nitrogens with zero attached hydrogens (tertiary/aromatic N) is 5. The van der Waals surface area contributed by atoms with Crippen LogP contribution in [-0.2, 0) is 52.0 Å². The molecule has 0 radical (unpaired) electrons. The first-order valence-electron chi connectivity index (χ1n) is 32.0. The second kappa shape index (κ2) is 30.1. The van der Waals surface area contributed by atoms with Crippen LogP contribution in [0.2, 0.25) is 0 Å². The number of aromatic amines is 1. The van der Waals surface area contributed by atoms with Gasteiger partial charge in [0.15, 0.2) is 16.9 Å². The minimum Gasteiger partial charge on any atom is -0.480 e. The molecule has 4 heterocycles. The van der Waals surface area contributed by atoms with Gasteiger partial charge in [-0.15, -0.1) is 0 Å². The summed E-state index contributed by atoms with van der Waals surface area (Å²) in [6.45, 7) is 14.0. The third kappa shape index (κ3) is 17.2. The topological polar surface area (TPSA) is 346 Å². The van der Waals surface area contributed by atoms with Crippen molar-refractivity contribution in [3.05, 3.63) is 176 Å². The number of allylic oxidation sites excluding steroid dienone is 7. The van der Waals surface area contributed by atoms with Crippen LogP contribution in [0.5, 0.6) is 5.75 Å². The van der Waals surface area contributed by atoms with E-state index in [2.05, 4.69) is 90.4 Å². The number of carboxylic acid groups (broad SMARTS) is 1. The van der Waals surface area contributed by atoms with E-state index in [1.54, 1.807) is 30.3 Å². The highest BCUT2D eigenvalue weighted by Crippen LogP contribution is 2.49. The minimum atomic E-state index is -4.53. The molecular formula is C70H83N10O13S2+. The van der Waals surface area contributed by atoms with Gasteiger partial charge in [0.2, 0.25) is 17.5 Å². The molecule has 0 unspecified atom stereocenters. The van der Waals surface area contributed by atoms with Gasteiger partial charge in [-0.25, -0.2) is 14.8 Å². The average Bonchev–Trinajstić information content (AvgIpc) is 1.60. The van der Waals surface area contributed by atoms with E-state index in [1.165, 1.54) is 36.5 Å². The lowest BCUT2D eigenvalue weighted by Crippen LogP contribution is -2.41. The van der Waals surface area contributed by atoms with E-state index in [-0.39, 0.29) is 82.9 Å². The van der Waals surface area contributed by atoms with Crippen LogP contribution in [0.15, 0.2) is 153 Å². The van der Waals surface area contributed by atoms with E-state index < -0.39 is 54.5 Å². The molecule has 23 nitrogen and oxygen atoms in total. The first-order chi connectivity index (χ1) is 45.1. The summed E-state index contributed by atoms with van der Waals surface area (Å²) in [4.78, 5) is 79.9. The van der Waals surface area contributed by atoms with E-state index in [9.17, 15) is 55.0 Å². The highest BCUT2D eigenvalue weighted by Gasteiger charge is 2.45. The number of carbonyl (C=O) groups is 4. The van der Waals surface area contributed by atoms with Crippen LogP contribution < -0.4 is 36.9 Å². The number of aliphatic carboxylic acids is 1. The molecule has 0 spiro atoms. The van der Waals surface area contributed by atoms with Crippen LogP contribution in [-0.4, -0.2) is 111 Å². The van der Waals surface area contributed by atoms with Gasteiger partial charge in [-0.2, -0.15) is 26.4 Å². The maximum absolute atomic E-state index is 13.1. The van der Waals surface area contributed by atoms with Gasteiger partial charge in [0.05, 0.1) is 33.6 Å². The summed E-state index contributed by atoms with van der Waals surface area (Å²) in [6.07, 6.45) is 17.3. The summed E-state index contributed by atoms with van der Waals surface area (Å²) in [6, 6.07) is 22.3. The molecular weight excluding hydrogens is 1250 g/mol. The number of unbranched alkanes of at least 4 members (excludes halogenated alkanes) is 4. The van der Waals surface area contributed by atoms with Crippen molar-refractivity contribution < 1.29 is 59.5 Å². The standard InChI is InChI=1S/C70H82N10O13S2/c1-7-8-11-38-79-57-33-30-52(94(87,88)89)40-54(57)69(3,4)59(79)35-23-45-15-13-16-46(63(45)93-51-28-19-44(2)20-29-51)24-36-60-70(5,6)55-41-53(95(90,91)92)31-34-58(55)80(60)39-12-9-10-18-61(82)72-37-14-17-50(81)27-32-56(67(85)86)76-65(83)47-21-25-48(26-22-47)73-42-49-43-74-64-62(75-49)66(84)78-68(71)77-64/h19-26,28-31,33-36,40-41,43,56H,7-18,27,32,37-39,42H2,1-6H3,(H8-,71,72,73,74,76,77,78,82,83,84,85,86,87,88,89,90,91,92)/p+1/t56-/m0/s1. The highest BCUT2D eigenvalue weighted by molar-refractivity contribution is 7.86. The first-order valence-corrected chi connectivity index (χ1v) is 34.9. The largest absolute Gasteiger partial charge is 0.480 e. The molecule has 6 aromatic rings. The van der Waals surface area contributed by atoms with Crippen molar-refractivity contribution in [3.63, 3.8) is 0 Å². The van der Waals surface area contributed by atoms with Crippen LogP contribution in [0.25, 0.3) is 11.2 Å². The number of ether oxygens (including phenoxy) is 1. The molecule has 4 aromatic carbocycles. The molecule has 2 amide bonds. The number of hydrogen-bond acceptors (Lipinski definition) is 16. The first kappa shape index (κ1) is 70.2. The molecule has 502 valence electrons. The number of H-pyrrole nitrogens is 1. The smallest absolute Gasteiger partial charge is 0.326 e. The molecule has 0 saturated heterocycles. The lowest BCUT2D eigenvalue weighted by molar-refractivity contribution is -0.438. The number of hydrogen-bond donors (Lipinski definition) is 8. The Kier molecular flexibility index (Phi) is 22.2. The maximum atomic E-state index is 13.1. The fraction of sp³-hybridized carbons (Fsp3) is 0.386. The number of anilines is 3. The van der Waals surface area contributed by atoms with Gasteiger partial charge in [0.25, 0.3) is 31.7 Å². The third-order valence-electron chi connectivity index (χ3n) is 17.6. The Hall–Kier alpha value is -9.17. The SMILES string of the molecule is CCCCC[N+]1=C(C=CC2=C(Oc3ccc(C)cc3)C(=CC=C3N(CCCCCC(=O)NCCCC(=O)CC[C@H](NC(=O)c4ccc(NCc5cnc6nc(N)[nH]c(=O)c6n5)cc4)C(=O)O)c4ccc(S(=O)(=O)O)cc4C3(C)C)CCC2)C(C)(C)c2cc(S(=O)(=O)O)ccc21. The van der Waals surface area contributed by atoms with Gasteiger partial charge in [-0.3, -0.25) is 33.3 Å². The van der Waals surface area contributed by atoms with Crippen molar-refractivity contribution in [2.45, 2.75) is 165 Å². The van der Waals surface area contributed by atoms with Gasteiger partial charge in [-0.1, -0.05) is 57.4 Å². The van der Waals surface area contributed by atoms with Crippen LogP contribution in [0.1, 0.15) is 157 Å². The summed E-state index contributed by atoms with van der Waals surface area (Å²) >= 11 is 0. The number of rotatable bonds is 30. The quantitative estimate of drug-likeness (QED) is 0.0118. The fourth-order valence-electron chi connectivity index (χ4n) is 12.3. The van der Waals surface area contributed by atoms with E-state index in [0.29, 0.717) is 74.5 Å². The van der Waals surface area contributed by atoms with Crippen molar-refractivity contribution in [2.24, 2.45) is 0 Å². The van der Waals surface area contributed by atoms with Crippen LogP contribution in [0.4, 0.5) is 23.0 Å². The highest BCUT2D eigenvalue weighted by atomic mass is 32.2. The molecule has 95 heavy (non-hydrogen) atoms. The van der Waals surface area contributed by atoms with Crippen molar-refractivity contribution in [2.75, 3.05) is 35.6 Å². The Labute approximate surface area is 553 Å². The number of benzene rings is 4. The molecule has 25 heteroatoms. The second-order valence-electron chi connectivity index (χ2n) is 25.3. The normalized spacial score (nSPS) is 16.4. The van der Waals surface area contributed by atoms with E-state index in [4.69, 9.17) is 10.5 Å². The number of carboxylic acids is 1. The molecule has 0 bridgehead atoms. The summed E-state index contributed by atoms with van der Waals surface area (Å²) < 4.78 is 79.1. The molecule has 9 N–H and O–H groups in total. The summed E-state index contributed by atoms with van der Waals surface area (Å²) in [5.41, 5.74) is 13.2. The van der Waals surface area contributed by atoms with Crippen molar-refractivity contribution >= 4 is 83.7 Å². The number of fused-ring (bicyclic) bond motifs is 3. The predicted molar refractivity (Wildman–Crippen MR) is 363 cm³/mol. The number of nitrogen functional groups attached to an aromatic ring is 1. The zero-order valence-electron chi connectivity index (χ0n) is 54.3. The van der Waals surface area contributed by atoms with Crippen LogP contribution in [0, 0.1) is 6.92 Å². The summed E-state index contributed by atoms with van der Waals surface area (Å²) in [5, 5.41) is 18.4. The van der Waals surface area contributed by atoms with E-state index in [0.717, 1.165) is 76.3 Å².